The molecule has 0 aliphatic carbocycles. The lowest BCUT2D eigenvalue weighted by Gasteiger charge is -2.26. The SMILES string of the molecule is COCc1c(-c2ccc(NC(=O)Nc3cc(C(F)(F)F)ccn3)c(C)c2)c2c(N)ncnn2c1CN1CCOCC1. The first-order valence-electron chi connectivity index (χ1n) is 12.8. The number of nitrogens with zero attached hydrogens (tertiary/aromatic N) is 5. The zero-order valence-corrected chi connectivity index (χ0v) is 22.5. The van der Waals surface area contributed by atoms with Crippen molar-refractivity contribution in [2.45, 2.75) is 26.3 Å². The lowest BCUT2D eigenvalue weighted by Crippen LogP contribution is -2.36. The number of rotatable bonds is 7. The molecule has 4 heterocycles. The molecule has 4 aromatic rings. The van der Waals surface area contributed by atoms with Crippen LogP contribution in [0, 0.1) is 6.92 Å². The Kier molecular flexibility index (Phi) is 8.06. The first-order valence-corrected chi connectivity index (χ1v) is 12.8. The summed E-state index contributed by atoms with van der Waals surface area (Å²) < 4.78 is 51.9. The predicted molar refractivity (Wildman–Crippen MR) is 146 cm³/mol. The number of amides is 2. The van der Waals surface area contributed by atoms with E-state index >= 15 is 0 Å². The molecule has 14 heteroatoms. The Labute approximate surface area is 233 Å². The van der Waals surface area contributed by atoms with Crippen molar-refractivity contribution in [2.75, 3.05) is 49.8 Å². The Morgan fingerprint density at radius 1 is 1.15 bits per heavy atom. The molecule has 0 radical (unpaired) electrons. The largest absolute Gasteiger partial charge is 0.416 e. The highest BCUT2D eigenvalue weighted by atomic mass is 19.4. The minimum Gasteiger partial charge on any atom is -0.382 e. The van der Waals surface area contributed by atoms with Crippen LogP contribution in [0.25, 0.3) is 16.6 Å². The van der Waals surface area contributed by atoms with E-state index in [2.05, 4.69) is 30.6 Å². The number of hydrogen-bond acceptors (Lipinski definition) is 8. The summed E-state index contributed by atoms with van der Waals surface area (Å²) in [6.45, 7) is 5.60. The standard InChI is InChI=1S/C27H29F3N8O3/c1-16-11-17(3-4-20(16)35-26(39)36-22-12-18(5-6-32-22)27(28,29)30)23-19(14-40-2)21(13-37-7-9-41-10-8-37)38-24(23)25(31)33-15-34-38/h3-6,11-12,15H,7-10,13-14H2,1-2H3,(H2,31,33,34)(H2,32,35,36,39). The number of benzene rings is 1. The number of nitrogens with one attached hydrogen (secondary N) is 2. The summed E-state index contributed by atoms with van der Waals surface area (Å²) in [5.74, 6) is 0.0905. The van der Waals surface area contributed by atoms with E-state index in [4.69, 9.17) is 15.2 Å². The molecule has 0 atom stereocenters. The highest BCUT2D eigenvalue weighted by molar-refractivity contribution is 6.00. The number of carbonyl (C=O) groups is 1. The van der Waals surface area contributed by atoms with Crippen molar-refractivity contribution in [2.24, 2.45) is 0 Å². The lowest BCUT2D eigenvalue weighted by molar-refractivity contribution is -0.137. The first kappa shape index (κ1) is 28.3. The molecule has 0 saturated carbocycles. The van der Waals surface area contributed by atoms with Crippen LogP contribution in [-0.4, -0.2) is 63.9 Å². The maximum atomic E-state index is 13.0. The third-order valence-corrected chi connectivity index (χ3v) is 6.82. The van der Waals surface area contributed by atoms with Crippen molar-refractivity contribution in [3.05, 3.63) is 65.2 Å². The van der Waals surface area contributed by atoms with E-state index in [0.29, 0.717) is 49.0 Å². The molecule has 4 N–H and O–H groups in total. The fraction of sp³-hybridized carbons (Fsp3) is 0.333. The number of nitrogen functional groups attached to an aromatic ring is 1. The Balaban J connectivity index is 1.46. The molecule has 1 fully saturated rings. The van der Waals surface area contributed by atoms with Crippen molar-refractivity contribution in [3.8, 4) is 11.1 Å². The molecular formula is C27H29F3N8O3. The summed E-state index contributed by atoms with van der Waals surface area (Å²) in [5.41, 5.74) is 10.8. The molecule has 0 bridgehead atoms. The van der Waals surface area contributed by atoms with Gasteiger partial charge in [0.25, 0.3) is 0 Å². The summed E-state index contributed by atoms with van der Waals surface area (Å²) in [6, 6.07) is 6.30. The number of nitrogens with two attached hydrogens (primary N) is 1. The van der Waals surface area contributed by atoms with Crippen LogP contribution in [0.1, 0.15) is 22.4 Å². The second-order valence-electron chi connectivity index (χ2n) is 9.56. The molecule has 1 saturated heterocycles. The van der Waals surface area contributed by atoms with Crippen LogP contribution in [0.5, 0.6) is 0 Å². The minimum atomic E-state index is -4.55. The summed E-state index contributed by atoms with van der Waals surface area (Å²) in [6.07, 6.45) is -2.15. The highest BCUT2D eigenvalue weighted by Gasteiger charge is 2.31. The average Bonchev–Trinajstić information content (AvgIpc) is 3.24. The van der Waals surface area contributed by atoms with E-state index in [1.54, 1.807) is 17.7 Å². The lowest BCUT2D eigenvalue weighted by atomic mass is 9.98. The fourth-order valence-corrected chi connectivity index (χ4v) is 4.87. The molecule has 0 unspecified atom stereocenters. The van der Waals surface area contributed by atoms with Crippen LogP contribution in [0.3, 0.4) is 0 Å². The second-order valence-corrected chi connectivity index (χ2v) is 9.56. The quantitative estimate of drug-likeness (QED) is 0.299. The van der Waals surface area contributed by atoms with Gasteiger partial charge in [0.05, 0.1) is 31.1 Å². The Bertz CT molecular complexity index is 1570. The Morgan fingerprint density at radius 3 is 2.63 bits per heavy atom. The number of anilines is 3. The van der Waals surface area contributed by atoms with Crippen LogP contribution in [0.2, 0.25) is 0 Å². The number of aryl methyl sites for hydroxylation is 1. The zero-order chi connectivity index (χ0) is 29.1. The molecule has 2 amide bonds. The molecule has 0 spiro atoms. The van der Waals surface area contributed by atoms with Gasteiger partial charge in [0, 0.05) is 49.8 Å². The van der Waals surface area contributed by atoms with Crippen molar-refractivity contribution >= 4 is 28.9 Å². The molecular weight excluding hydrogens is 541 g/mol. The van der Waals surface area contributed by atoms with Gasteiger partial charge in [0.15, 0.2) is 5.82 Å². The molecule has 11 nitrogen and oxygen atoms in total. The number of fused-ring (bicyclic) bond motifs is 1. The number of carbonyl (C=O) groups excluding carboxylic acids is 1. The number of ether oxygens (including phenoxy) is 2. The fourth-order valence-electron chi connectivity index (χ4n) is 4.87. The number of hydrogen-bond donors (Lipinski definition) is 3. The topological polar surface area (TPSA) is 132 Å². The van der Waals surface area contributed by atoms with Gasteiger partial charge in [-0.3, -0.25) is 10.2 Å². The third kappa shape index (κ3) is 6.09. The molecule has 216 valence electrons. The van der Waals surface area contributed by atoms with Crippen molar-refractivity contribution in [1.29, 1.82) is 0 Å². The predicted octanol–water partition coefficient (Wildman–Crippen LogP) is 4.32. The van der Waals surface area contributed by atoms with E-state index < -0.39 is 17.8 Å². The average molecular weight is 571 g/mol. The smallest absolute Gasteiger partial charge is 0.382 e. The van der Waals surface area contributed by atoms with Crippen LogP contribution < -0.4 is 16.4 Å². The van der Waals surface area contributed by atoms with Gasteiger partial charge in [0.1, 0.15) is 17.7 Å². The second kappa shape index (κ2) is 11.7. The number of aromatic nitrogens is 4. The molecule has 5 rings (SSSR count). The van der Waals surface area contributed by atoms with Crippen molar-refractivity contribution in [3.63, 3.8) is 0 Å². The maximum absolute atomic E-state index is 13.0. The summed E-state index contributed by atoms with van der Waals surface area (Å²) >= 11 is 0. The van der Waals surface area contributed by atoms with Crippen LogP contribution in [0.15, 0.2) is 42.9 Å². The van der Waals surface area contributed by atoms with Gasteiger partial charge < -0.3 is 20.5 Å². The maximum Gasteiger partial charge on any atom is 0.416 e. The summed E-state index contributed by atoms with van der Waals surface area (Å²) in [5, 5.41) is 9.53. The Hall–Kier alpha value is -4.27. The number of pyridine rings is 1. The van der Waals surface area contributed by atoms with Gasteiger partial charge >= 0.3 is 12.2 Å². The minimum absolute atomic E-state index is 0.223. The molecule has 41 heavy (non-hydrogen) atoms. The van der Waals surface area contributed by atoms with E-state index in [-0.39, 0.29) is 5.82 Å². The van der Waals surface area contributed by atoms with Crippen LogP contribution in [-0.2, 0) is 28.8 Å². The molecule has 1 aliphatic heterocycles. The Morgan fingerprint density at radius 2 is 1.93 bits per heavy atom. The van der Waals surface area contributed by atoms with Crippen LogP contribution in [0.4, 0.5) is 35.3 Å². The number of morpholine rings is 1. The van der Waals surface area contributed by atoms with Crippen LogP contribution >= 0.6 is 0 Å². The summed E-state index contributed by atoms with van der Waals surface area (Å²) in [7, 11) is 1.62. The van der Waals surface area contributed by atoms with E-state index in [1.165, 1.54) is 6.33 Å². The molecule has 1 aromatic carbocycles. The molecule has 3 aromatic heterocycles. The zero-order valence-electron chi connectivity index (χ0n) is 22.5. The summed E-state index contributed by atoms with van der Waals surface area (Å²) in [4.78, 5) is 22.9. The van der Waals surface area contributed by atoms with Gasteiger partial charge in [-0.15, -0.1) is 0 Å². The van der Waals surface area contributed by atoms with Gasteiger partial charge in [0.2, 0.25) is 0 Å². The molecule has 1 aliphatic rings. The first-order chi connectivity index (χ1) is 19.7. The number of urea groups is 1. The number of alkyl halides is 3. The monoisotopic (exact) mass is 570 g/mol. The van der Waals surface area contributed by atoms with E-state index in [0.717, 1.165) is 53.8 Å². The van der Waals surface area contributed by atoms with E-state index in [9.17, 15) is 18.0 Å². The number of methoxy groups -OCH3 is 1. The van der Waals surface area contributed by atoms with Crippen molar-refractivity contribution < 1.29 is 27.4 Å². The van der Waals surface area contributed by atoms with E-state index in [1.807, 2.05) is 19.1 Å². The normalized spacial score (nSPS) is 14.4. The van der Waals surface area contributed by atoms with Gasteiger partial charge in [-0.25, -0.2) is 19.3 Å². The van der Waals surface area contributed by atoms with Gasteiger partial charge in [-0.2, -0.15) is 18.3 Å². The van der Waals surface area contributed by atoms with Gasteiger partial charge in [-0.1, -0.05) is 6.07 Å². The highest BCUT2D eigenvalue weighted by Crippen LogP contribution is 2.38. The number of halogens is 3. The van der Waals surface area contributed by atoms with Gasteiger partial charge in [-0.05, 0) is 42.3 Å². The van der Waals surface area contributed by atoms with Crippen molar-refractivity contribution in [1.82, 2.24) is 24.5 Å². The third-order valence-electron chi connectivity index (χ3n) is 6.82.